The Labute approximate surface area is 104 Å². The molecule has 0 saturated carbocycles. The minimum atomic E-state index is -1.11. The van der Waals surface area contributed by atoms with Crippen LogP contribution in [0.5, 0.6) is 0 Å². The number of carbonyl (C=O) groups is 2. The summed E-state index contributed by atoms with van der Waals surface area (Å²) >= 11 is 0. The van der Waals surface area contributed by atoms with Gasteiger partial charge in [0, 0.05) is 6.92 Å². The van der Waals surface area contributed by atoms with E-state index in [2.05, 4.69) is 5.32 Å². The fourth-order valence-corrected chi connectivity index (χ4v) is 1.26. The van der Waals surface area contributed by atoms with Gasteiger partial charge >= 0.3 is 5.97 Å². The Balaban J connectivity index is 2.75. The first-order chi connectivity index (χ1) is 8.54. The normalized spacial score (nSPS) is 11.7. The molecule has 1 atom stereocenters. The Morgan fingerprint density at radius 2 is 2.06 bits per heavy atom. The number of hydrogen-bond donors (Lipinski definition) is 3. The second-order valence-electron chi connectivity index (χ2n) is 3.66. The summed E-state index contributed by atoms with van der Waals surface area (Å²) in [6.45, 7) is 0.544. The molecule has 1 rings (SSSR count). The Hall–Kier alpha value is -1.92. The van der Waals surface area contributed by atoms with Crippen molar-refractivity contribution in [1.82, 2.24) is 0 Å². The van der Waals surface area contributed by atoms with Gasteiger partial charge in [0.1, 0.15) is 12.7 Å². The van der Waals surface area contributed by atoms with Gasteiger partial charge in [-0.05, 0) is 12.1 Å². The third kappa shape index (κ3) is 4.15. The van der Waals surface area contributed by atoms with Crippen molar-refractivity contribution in [3.63, 3.8) is 0 Å². The minimum absolute atomic E-state index is 0.192. The first kappa shape index (κ1) is 14.1. The van der Waals surface area contributed by atoms with E-state index in [1.807, 2.05) is 0 Å². The lowest BCUT2D eigenvalue weighted by Crippen LogP contribution is -2.22. The molecule has 18 heavy (non-hydrogen) atoms. The quantitative estimate of drug-likeness (QED) is 0.649. The minimum Gasteiger partial charge on any atom is -0.459 e. The van der Waals surface area contributed by atoms with Gasteiger partial charge < -0.3 is 20.3 Å². The summed E-state index contributed by atoms with van der Waals surface area (Å²) in [7, 11) is 0. The van der Waals surface area contributed by atoms with E-state index in [0.29, 0.717) is 5.69 Å². The highest BCUT2D eigenvalue weighted by Crippen LogP contribution is 2.16. The summed E-state index contributed by atoms with van der Waals surface area (Å²) in [6.07, 6.45) is -1.11. The van der Waals surface area contributed by atoms with E-state index in [-0.39, 0.29) is 18.1 Å². The molecule has 0 aliphatic carbocycles. The van der Waals surface area contributed by atoms with E-state index < -0.39 is 18.7 Å². The molecule has 0 bridgehead atoms. The Morgan fingerprint density at radius 1 is 1.39 bits per heavy atom. The number of benzene rings is 1. The molecule has 6 nitrogen and oxygen atoms in total. The second kappa shape index (κ2) is 6.73. The van der Waals surface area contributed by atoms with Gasteiger partial charge in [0.05, 0.1) is 17.9 Å². The van der Waals surface area contributed by atoms with Gasteiger partial charge in [0.2, 0.25) is 5.91 Å². The zero-order valence-electron chi connectivity index (χ0n) is 9.92. The Morgan fingerprint density at radius 3 is 2.67 bits per heavy atom. The molecule has 0 aromatic heterocycles. The van der Waals surface area contributed by atoms with Crippen molar-refractivity contribution in [1.29, 1.82) is 0 Å². The van der Waals surface area contributed by atoms with Crippen LogP contribution in [-0.2, 0) is 9.53 Å². The number of amides is 1. The molecule has 0 aliphatic heterocycles. The number of carbonyl (C=O) groups excluding carboxylic acids is 2. The Kier molecular flexibility index (Phi) is 5.29. The number of nitrogens with one attached hydrogen (secondary N) is 1. The van der Waals surface area contributed by atoms with Gasteiger partial charge in [-0.1, -0.05) is 12.1 Å². The molecule has 1 aromatic rings. The highest BCUT2D eigenvalue weighted by Gasteiger charge is 2.14. The summed E-state index contributed by atoms with van der Waals surface area (Å²) in [4.78, 5) is 22.7. The number of anilines is 1. The predicted octanol–water partition coefficient (Wildman–Crippen LogP) is 0.155. The molecule has 0 fully saturated rings. The summed E-state index contributed by atoms with van der Waals surface area (Å²) in [6, 6.07) is 6.37. The van der Waals surface area contributed by atoms with Gasteiger partial charge in [0.15, 0.2) is 0 Å². The summed E-state index contributed by atoms with van der Waals surface area (Å²) in [5.74, 6) is -0.975. The predicted molar refractivity (Wildman–Crippen MR) is 64.1 cm³/mol. The highest BCUT2D eigenvalue weighted by atomic mass is 16.5. The van der Waals surface area contributed by atoms with Crippen molar-refractivity contribution >= 4 is 17.6 Å². The van der Waals surface area contributed by atoms with Crippen LogP contribution < -0.4 is 5.32 Å². The molecule has 1 amide bonds. The molecule has 0 aliphatic rings. The first-order valence-electron chi connectivity index (χ1n) is 5.37. The first-order valence-corrected chi connectivity index (χ1v) is 5.37. The number of rotatable bonds is 5. The lowest BCUT2D eigenvalue weighted by atomic mass is 10.2. The van der Waals surface area contributed by atoms with Crippen LogP contribution in [0.1, 0.15) is 17.3 Å². The van der Waals surface area contributed by atoms with E-state index >= 15 is 0 Å². The van der Waals surface area contributed by atoms with Gasteiger partial charge in [-0.25, -0.2) is 4.79 Å². The maximum absolute atomic E-state index is 11.7. The molecular formula is C12H15NO5. The van der Waals surface area contributed by atoms with Gasteiger partial charge in [0.25, 0.3) is 0 Å². The van der Waals surface area contributed by atoms with Gasteiger partial charge in [-0.2, -0.15) is 0 Å². The number of hydrogen-bond acceptors (Lipinski definition) is 5. The molecule has 0 saturated heterocycles. The topological polar surface area (TPSA) is 95.9 Å². The average molecular weight is 253 g/mol. The summed E-state index contributed by atoms with van der Waals surface area (Å²) < 4.78 is 4.80. The lowest BCUT2D eigenvalue weighted by molar-refractivity contribution is -0.114. The maximum atomic E-state index is 11.7. The van der Waals surface area contributed by atoms with Crippen LogP contribution in [0.2, 0.25) is 0 Å². The molecule has 6 heteroatoms. The zero-order valence-corrected chi connectivity index (χ0v) is 9.92. The van der Waals surface area contributed by atoms with Crippen molar-refractivity contribution in [2.45, 2.75) is 13.0 Å². The molecule has 3 N–H and O–H groups in total. The number of esters is 1. The third-order valence-electron chi connectivity index (χ3n) is 2.08. The van der Waals surface area contributed by atoms with Crippen LogP contribution in [0.3, 0.4) is 0 Å². The molecule has 0 heterocycles. The van der Waals surface area contributed by atoms with E-state index in [1.165, 1.54) is 13.0 Å². The summed E-state index contributed by atoms with van der Waals surface area (Å²) in [5.41, 5.74) is 0.534. The van der Waals surface area contributed by atoms with E-state index in [4.69, 9.17) is 14.9 Å². The molecular weight excluding hydrogens is 238 g/mol. The second-order valence-corrected chi connectivity index (χ2v) is 3.66. The van der Waals surface area contributed by atoms with Crippen LogP contribution in [0.15, 0.2) is 24.3 Å². The van der Waals surface area contributed by atoms with Crippen LogP contribution in [0.4, 0.5) is 5.69 Å². The lowest BCUT2D eigenvalue weighted by Gasteiger charge is -2.11. The summed E-state index contributed by atoms with van der Waals surface area (Å²) in [5, 5.41) is 20.2. The number of aliphatic hydroxyl groups is 2. The number of aliphatic hydroxyl groups excluding tert-OH is 2. The monoisotopic (exact) mass is 253 g/mol. The molecule has 0 spiro atoms. The average Bonchev–Trinajstić information content (AvgIpc) is 2.35. The zero-order chi connectivity index (χ0) is 13.5. The number of para-hydroxylation sites is 1. The molecule has 0 unspecified atom stereocenters. The van der Waals surface area contributed by atoms with Crippen LogP contribution >= 0.6 is 0 Å². The van der Waals surface area contributed by atoms with Crippen molar-refractivity contribution in [2.75, 3.05) is 18.5 Å². The number of ether oxygens (including phenoxy) is 1. The van der Waals surface area contributed by atoms with E-state index in [9.17, 15) is 9.59 Å². The largest absolute Gasteiger partial charge is 0.459 e. The third-order valence-corrected chi connectivity index (χ3v) is 2.08. The Bertz CT molecular complexity index is 432. The fraction of sp³-hybridized carbons (Fsp3) is 0.333. The van der Waals surface area contributed by atoms with Crippen molar-refractivity contribution in [3.8, 4) is 0 Å². The van der Waals surface area contributed by atoms with Gasteiger partial charge in [-0.3, -0.25) is 4.79 Å². The van der Waals surface area contributed by atoms with Crippen LogP contribution in [0, 0.1) is 0 Å². The fourth-order valence-electron chi connectivity index (χ4n) is 1.26. The van der Waals surface area contributed by atoms with E-state index in [0.717, 1.165) is 0 Å². The molecule has 0 radical (unpaired) electrons. The van der Waals surface area contributed by atoms with Crippen LogP contribution in [0.25, 0.3) is 0 Å². The molecule has 1 aromatic carbocycles. The maximum Gasteiger partial charge on any atom is 0.340 e. The molecule has 98 valence electrons. The SMILES string of the molecule is CC(=O)Nc1ccccc1C(=O)OC[C@@H](O)CO. The van der Waals surface area contributed by atoms with Crippen molar-refractivity contribution in [2.24, 2.45) is 0 Å². The highest BCUT2D eigenvalue weighted by molar-refractivity contribution is 6.00. The van der Waals surface area contributed by atoms with Gasteiger partial charge in [-0.15, -0.1) is 0 Å². The van der Waals surface area contributed by atoms with E-state index in [1.54, 1.807) is 18.2 Å². The standard InChI is InChI=1S/C12H15NO5/c1-8(15)13-11-5-3-2-4-10(11)12(17)18-7-9(16)6-14/h2-5,9,14,16H,6-7H2,1H3,(H,13,15)/t9-/m0/s1. The van der Waals surface area contributed by atoms with Crippen LogP contribution in [-0.4, -0.2) is 41.4 Å². The van der Waals surface area contributed by atoms with Crippen molar-refractivity contribution < 1.29 is 24.5 Å². The smallest absolute Gasteiger partial charge is 0.340 e. The van der Waals surface area contributed by atoms with Crippen molar-refractivity contribution in [3.05, 3.63) is 29.8 Å².